The van der Waals surface area contributed by atoms with Crippen molar-refractivity contribution < 1.29 is 17.6 Å². The summed E-state index contributed by atoms with van der Waals surface area (Å²) in [5.41, 5.74) is 6.01. The molecule has 0 saturated heterocycles. The summed E-state index contributed by atoms with van der Waals surface area (Å²) >= 11 is 0. The van der Waals surface area contributed by atoms with Crippen LogP contribution in [-0.2, 0) is 10.0 Å². The summed E-state index contributed by atoms with van der Waals surface area (Å²) in [6, 6.07) is 1.29. The second-order valence-electron chi connectivity index (χ2n) is 5.60. The van der Waals surface area contributed by atoms with Crippen LogP contribution in [0.15, 0.2) is 15.6 Å². The molecule has 132 valence electrons. The molecule has 1 aliphatic carbocycles. The maximum absolute atomic E-state index is 12.4. The fraction of sp³-hybridized carbons (Fsp3) is 0.643. The van der Waals surface area contributed by atoms with E-state index >= 15 is 0 Å². The minimum atomic E-state index is -3.70. The van der Waals surface area contributed by atoms with E-state index in [1.54, 1.807) is 6.92 Å². The molecule has 2 rings (SSSR count). The van der Waals surface area contributed by atoms with Crippen molar-refractivity contribution in [3.8, 4) is 0 Å². The molecule has 9 heteroatoms. The largest absolute Gasteiger partial charge is 0.448 e. The quantitative estimate of drug-likeness (QED) is 0.724. The molecule has 1 aromatic heterocycles. The molecular weight excluding hydrogens is 342 g/mol. The molecule has 2 atom stereocenters. The van der Waals surface area contributed by atoms with Gasteiger partial charge in [-0.2, -0.15) is 0 Å². The van der Waals surface area contributed by atoms with E-state index in [-0.39, 0.29) is 46.7 Å². The first-order valence-electron chi connectivity index (χ1n) is 7.44. The van der Waals surface area contributed by atoms with Gasteiger partial charge in [-0.25, -0.2) is 13.1 Å². The van der Waals surface area contributed by atoms with Crippen LogP contribution in [0.5, 0.6) is 0 Å². The molecule has 23 heavy (non-hydrogen) atoms. The normalized spacial score (nSPS) is 21.5. The lowest BCUT2D eigenvalue weighted by Crippen LogP contribution is -2.44. The minimum Gasteiger partial charge on any atom is -0.448 e. The Morgan fingerprint density at radius 3 is 2.65 bits per heavy atom. The van der Waals surface area contributed by atoms with E-state index in [9.17, 15) is 13.2 Å². The number of sulfonamides is 1. The minimum absolute atomic E-state index is 0. The van der Waals surface area contributed by atoms with Crippen molar-refractivity contribution in [2.45, 2.75) is 43.7 Å². The third kappa shape index (κ3) is 4.47. The van der Waals surface area contributed by atoms with Crippen LogP contribution < -0.4 is 15.8 Å². The number of nitrogens with one attached hydrogen (secondary N) is 2. The number of furan rings is 1. The summed E-state index contributed by atoms with van der Waals surface area (Å²) in [6.07, 6.45) is 4.09. The first-order chi connectivity index (χ1) is 10.4. The molecule has 0 spiro atoms. The van der Waals surface area contributed by atoms with Gasteiger partial charge in [0.2, 0.25) is 5.09 Å². The van der Waals surface area contributed by atoms with Crippen molar-refractivity contribution in [3.63, 3.8) is 0 Å². The topological polar surface area (TPSA) is 114 Å². The van der Waals surface area contributed by atoms with Crippen molar-refractivity contribution >= 4 is 28.3 Å². The molecule has 4 N–H and O–H groups in total. The van der Waals surface area contributed by atoms with Gasteiger partial charge in [0, 0.05) is 12.1 Å². The van der Waals surface area contributed by atoms with E-state index in [2.05, 4.69) is 10.0 Å². The molecule has 1 fully saturated rings. The lowest BCUT2D eigenvalue weighted by atomic mass is 9.84. The Morgan fingerprint density at radius 1 is 1.39 bits per heavy atom. The molecule has 7 nitrogen and oxygen atoms in total. The first-order valence-corrected chi connectivity index (χ1v) is 8.92. The summed E-state index contributed by atoms with van der Waals surface area (Å²) in [5.74, 6) is 0.237. The molecule has 0 aromatic carbocycles. The average Bonchev–Trinajstić information content (AvgIpc) is 2.90. The van der Waals surface area contributed by atoms with E-state index < -0.39 is 10.0 Å². The number of hydrogen-bond donors (Lipinski definition) is 3. The highest BCUT2D eigenvalue weighted by Crippen LogP contribution is 2.25. The first kappa shape index (κ1) is 20.0. The molecule has 1 amide bonds. The van der Waals surface area contributed by atoms with Gasteiger partial charge in [-0.1, -0.05) is 12.8 Å². The fourth-order valence-corrected chi connectivity index (χ4v) is 3.55. The van der Waals surface area contributed by atoms with Gasteiger partial charge in [0.05, 0.1) is 5.56 Å². The number of halogens is 1. The van der Waals surface area contributed by atoms with Gasteiger partial charge >= 0.3 is 0 Å². The van der Waals surface area contributed by atoms with Crippen LogP contribution in [0.4, 0.5) is 0 Å². The SMILES string of the molecule is CNS(=O)(=O)c1cc(C(=O)NC2CCCCC2CN)c(C)o1.Cl. The van der Waals surface area contributed by atoms with Gasteiger partial charge in [0.15, 0.2) is 0 Å². The van der Waals surface area contributed by atoms with E-state index in [0.717, 1.165) is 25.7 Å². The molecule has 0 aliphatic heterocycles. The monoisotopic (exact) mass is 365 g/mol. The van der Waals surface area contributed by atoms with Crippen LogP contribution in [0, 0.1) is 12.8 Å². The Bertz CT molecular complexity index is 644. The molecule has 1 aromatic rings. The lowest BCUT2D eigenvalue weighted by molar-refractivity contribution is 0.0906. The standard InChI is InChI=1S/C14H23N3O4S.ClH/c1-9-11(7-13(21-9)22(19,20)16-2)14(18)17-12-6-4-3-5-10(12)8-15;/h7,10,12,16H,3-6,8,15H2,1-2H3,(H,17,18);1H. The van der Waals surface area contributed by atoms with Crippen molar-refractivity contribution in [2.75, 3.05) is 13.6 Å². The zero-order valence-corrected chi connectivity index (χ0v) is 14.9. The van der Waals surface area contributed by atoms with Crippen molar-refractivity contribution in [3.05, 3.63) is 17.4 Å². The third-order valence-electron chi connectivity index (χ3n) is 4.20. The molecular formula is C14H24ClN3O4S. The number of carbonyl (C=O) groups is 1. The fourth-order valence-electron chi connectivity index (χ4n) is 2.84. The zero-order chi connectivity index (χ0) is 16.3. The van der Waals surface area contributed by atoms with Crippen LogP contribution in [0.25, 0.3) is 0 Å². The molecule has 1 heterocycles. The van der Waals surface area contributed by atoms with Crippen molar-refractivity contribution in [1.29, 1.82) is 0 Å². The highest BCUT2D eigenvalue weighted by atomic mass is 35.5. The number of carbonyl (C=O) groups excluding carboxylic acids is 1. The Labute approximate surface area is 142 Å². The van der Waals surface area contributed by atoms with E-state index in [4.69, 9.17) is 10.2 Å². The van der Waals surface area contributed by atoms with Gasteiger partial charge < -0.3 is 15.5 Å². The summed E-state index contributed by atoms with van der Waals surface area (Å²) in [4.78, 5) is 12.4. The smallest absolute Gasteiger partial charge is 0.273 e. The number of hydrogen-bond acceptors (Lipinski definition) is 5. The average molecular weight is 366 g/mol. The third-order valence-corrected chi connectivity index (χ3v) is 5.47. The molecule has 0 bridgehead atoms. The number of aryl methyl sites for hydroxylation is 1. The summed E-state index contributed by atoms with van der Waals surface area (Å²) in [5, 5.41) is 2.71. The van der Waals surface area contributed by atoms with Gasteiger partial charge in [-0.05, 0) is 39.3 Å². The highest BCUT2D eigenvalue weighted by Gasteiger charge is 2.28. The van der Waals surface area contributed by atoms with E-state index in [1.807, 2.05) is 0 Å². The maximum Gasteiger partial charge on any atom is 0.273 e. The molecule has 1 saturated carbocycles. The number of nitrogens with two attached hydrogens (primary N) is 1. The Balaban J connectivity index is 0.00000264. The Hall–Kier alpha value is -1.09. The molecule has 0 radical (unpaired) electrons. The maximum atomic E-state index is 12.4. The van der Waals surface area contributed by atoms with Gasteiger partial charge in [0.1, 0.15) is 5.76 Å². The predicted molar refractivity (Wildman–Crippen MR) is 89.2 cm³/mol. The van der Waals surface area contributed by atoms with Crippen LogP contribution in [0.3, 0.4) is 0 Å². The van der Waals surface area contributed by atoms with Crippen LogP contribution in [0.1, 0.15) is 41.8 Å². The summed E-state index contributed by atoms with van der Waals surface area (Å²) < 4.78 is 30.8. The van der Waals surface area contributed by atoms with Gasteiger partial charge in [0.25, 0.3) is 15.9 Å². The van der Waals surface area contributed by atoms with Gasteiger partial charge in [-0.15, -0.1) is 12.4 Å². The van der Waals surface area contributed by atoms with Crippen LogP contribution in [-0.4, -0.2) is 34.0 Å². The Kier molecular flexibility index (Phi) is 7.06. The predicted octanol–water partition coefficient (Wildman–Crippen LogP) is 1.17. The number of amides is 1. The summed E-state index contributed by atoms with van der Waals surface area (Å²) in [6.45, 7) is 2.11. The second kappa shape index (κ2) is 8.14. The lowest BCUT2D eigenvalue weighted by Gasteiger charge is -2.31. The second-order valence-corrected chi connectivity index (χ2v) is 7.42. The highest BCUT2D eigenvalue weighted by molar-refractivity contribution is 7.89. The molecule has 2 unspecified atom stereocenters. The van der Waals surface area contributed by atoms with Crippen LogP contribution in [0.2, 0.25) is 0 Å². The summed E-state index contributed by atoms with van der Waals surface area (Å²) in [7, 11) is -2.41. The van der Waals surface area contributed by atoms with E-state index in [1.165, 1.54) is 13.1 Å². The Morgan fingerprint density at radius 2 is 2.04 bits per heavy atom. The van der Waals surface area contributed by atoms with Gasteiger partial charge in [-0.3, -0.25) is 4.79 Å². The van der Waals surface area contributed by atoms with Crippen molar-refractivity contribution in [1.82, 2.24) is 10.0 Å². The molecule has 1 aliphatic rings. The zero-order valence-electron chi connectivity index (χ0n) is 13.3. The van der Waals surface area contributed by atoms with Crippen molar-refractivity contribution in [2.24, 2.45) is 11.7 Å². The number of rotatable bonds is 5. The van der Waals surface area contributed by atoms with E-state index in [0.29, 0.717) is 6.54 Å². The van der Waals surface area contributed by atoms with Crippen LogP contribution >= 0.6 is 12.4 Å².